The van der Waals surface area contributed by atoms with Gasteiger partial charge < -0.3 is 10.2 Å². The number of Topliss-reactive ketones (excluding diaryl/α,β-unsaturated/α-hetero) is 1. The number of rotatable bonds is 3. The molecule has 1 aliphatic rings. The lowest BCUT2D eigenvalue weighted by Crippen LogP contribution is -2.06. The lowest BCUT2D eigenvalue weighted by atomic mass is 9.95. The summed E-state index contributed by atoms with van der Waals surface area (Å²) >= 11 is 0. The topological polar surface area (TPSA) is 57.5 Å². The molecule has 0 aromatic heterocycles. The molecule has 1 aliphatic carbocycles. The van der Waals surface area contributed by atoms with Crippen molar-refractivity contribution in [1.29, 1.82) is 0 Å². The Hall–Kier alpha value is -1.51. The van der Waals surface area contributed by atoms with Crippen LogP contribution in [0.15, 0.2) is 12.1 Å². The van der Waals surface area contributed by atoms with Gasteiger partial charge in [-0.2, -0.15) is 0 Å². The van der Waals surface area contributed by atoms with Gasteiger partial charge in [-0.1, -0.05) is 25.7 Å². The second kappa shape index (κ2) is 4.78. The Balaban J connectivity index is 2.16. The summed E-state index contributed by atoms with van der Waals surface area (Å²) in [5.41, 5.74) is 0.717. The molecule has 0 atom stereocenters. The van der Waals surface area contributed by atoms with E-state index in [1.54, 1.807) is 6.92 Å². The molecule has 1 aromatic rings. The first-order valence-electron chi connectivity index (χ1n) is 6.14. The van der Waals surface area contributed by atoms with Gasteiger partial charge in [-0.05, 0) is 25.0 Å². The van der Waals surface area contributed by atoms with Gasteiger partial charge in [0.25, 0.3) is 0 Å². The number of carbonyl (C=O) groups is 1. The number of hydrogen-bond donors (Lipinski definition) is 2. The Bertz CT molecular complexity index is 431. The molecule has 17 heavy (non-hydrogen) atoms. The summed E-state index contributed by atoms with van der Waals surface area (Å²) in [4.78, 5) is 12.0. The molecule has 1 saturated carbocycles. The van der Waals surface area contributed by atoms with Crippen molar-refractivity contribution in [2.24, 2.45) is 5.92 Å². The standard InChI is InChI=1S/C14H18O3/c1-9-12(15)7-6-11(14(9)17)13(16)8-10-4-2-3-5-10/h6-7,10,15,17H,2-5,8H2,1H3. The lowest BCUT2D eigenvalue weighted by molar-refractivity contribution is 0.0959. The van der Waals surface area contributed by atoms with Gasteiger partial charge in [0, 0.05) is 12.0 Å². The highest BCUT2D eigenvalue weighted by atomic mass is 16.3. The predicted octanol–water partition coefficient (Wildman–Crippen LogP) is 3.17. The minimum absolute atomic E-state index is 0.0162. The van der Waals surface area contributed by atoms with E-state index in [2.05, 4.69) is 0 Å². The smallest absolute Gasteiger partial charge is 0.166 e. The van der Waals surface area contributed by atoms with Crippen molar-refractivity contribution in [3.8, 4) is 11.5 Å². The Kier molecular flexibility index (Phi) is 3.36. The summed E-state index contributed by atoms with van der Waals surface area (Å²) in [7, 11) is 0. The number of ketones is 1. The number of benzene rings is 1. The molecule has 0 aliphatic heterocycles. The molecule has 1 aromatic carbocycles. The van der Waals surface area contributed by atoms with Crippen LogP contribution in [0.3, 0.4) is 0 Å². The summed E-state index contributed by atoms with van der Waals surface area (Å²) in [6, 6.07) is 2.98. The number of aromatic hydroxyl groups is 2. The molecule has 3 nitrogen and oxygen atoms in total. The van der Waals surface area contributed by atoms with E-state index in [1.165, 1.54) is 25.0 Å². The van der Waals surface area contributed by atoms with Crippen LogP contribution in [-0.2, 0) is 0 Å². The van der Waals surface area contributed by atoms with E-state index in [0.29, 0.717) is 23.5 Å². The minimum Gasteiger partial charge on any atom is -0.508 e. The number of hydrogen-bond acceptors (Lipinski definition) is 3. The van der Waals surface area contributed by atoms with E-state index < -0.39 is 0 Å². The molecule has 0 amide bonds. The van der Waals surface area contributed by atoms with Crippen LogP contribution < -0.4 is 0 Å². The second-order valence-corrected chi connectivity index (χ2v) is 4.88. The van der Waals surface area contributed by atoms with Gasteiger partial charge in [0.05, 0.1) is 5.56 Å². The van der Waals surface area contributed by atoms with E-state index in [-0.39, 0.29) is 17.3 Å². The maximum atomic E-state index is 12.0. The zero-order valence-electron chi connectivity index (χ0n) is 10.1. The first kappa shape index (κ1) is 12.0. The fourth-order valence-corrected chi connectivity index (χ4v) is 2.50. The van der Waals surface area contributed by atoms with Crippen LogP contribution >= 0.6 is 0 Å². The van der Waals surface area contributed by atoms with Gasteiger partial charge in [0.2, 0.25) is 0 Å². The van der Waals surface area contributed by atoms with Crippen molar-refractivity contribution >= 4 is 5.78 Å². The lowest BCUT2D eigenvalue weighted by Gasteiger charge is -2.11. The normalized spacial score (nSPS) is 16.3. The van der Waals surface area contributed by atoms with E-state index in [9.17, 15) is 15.0 Å². The molecule has 0 spiro atoms. The van der Waals surface area contributed by atoms with E-state index in [0.717, 1.165) is 12.8 Å². The summed E-state index contributed by atoms with van der Waals surface area (Å²) in [5.74, 6) is 0.404. The zero-order valence-corrected chi connectivity index (χ0v) is 10.1. The molecule has 0 saturated heterocycles. The number of phenols is 2. The van der Waals surface area contributed by atoms with E-state index in [1.807, 2.05) is 0 Å². The van der Waals surface area contributed by atoms with Crippen LogP contribution in [0.1, 0.15) is 48.0 Å². The summed E-state index contributed by atoms with van der Waals surface area (Å²) in [6.45, 7) is 1.61. The van der Waals surface area contributed by atoms with Crippen molar-refractivity contribution in [3.05, 3.63) is 23.3 Å². The molecule has 1 fully saturated rings. The highest BCUT2D eigenvalue weighted by molar-refractivity contribution is 5.99. The molecule has 2 rings (SSSR count). The van der Waals surface area contributed by atoms with E-state index >= 15 is 0 Å². The predicted molar refractivity (Wildman–Crippen MR) is 65.4 cm³/mol. The van der Waals surface area contributed by atoms with Crippen LogP contribution in [-0.4, -0.2) is 16.0 Å². The maximum Gasteiger partial charge on any atom is 0.166 e. The van der Waals surface area contributed by atoms with Crippen molar-refractivity contribution in [2.75, 3.05) is 0 Å². The highest BCUT2D eigenvalue weighted by Crippen LogP contribution is 2.33. The van der Waals surface area contributed by atoms with Gasteiger partial charge in [0.1, 0.15) is 11.5 Å². The molecular weight excluding hydrogens is 216 g/mol. The SMILES string of the molecule is Cc1c(O)ccc(C(=O)CC2CCCC2)c1O. The second-order valence-electron chi connectivity index (χ2n) is 4.88. The first-order chi connectivity index (χ1) is 8.09. The molecule has 0 radical (unpaired) electrons. The molecule has 0 bridgehead atoms. The van der Waals surface area contributed by atoms with Gasteiger partial charge in [0.15, 0.2) is 5.78 Å². The largest absolute Gasteiger partial charge is 0.508 e. The van der Waals surface area contributed by atoms with Crippen LogP contribution in [0.25, 0.3) is 0 Å². The molecule has 3 heteroatoms. The van der Waals surface area contributed by atoms with Crippen LogP contribution in [0, 0.1) is 12.8 Å². The van der Waals surface area contributed by atoms with Gasteiger partial charge in [-0.3, -0.25) is 4.79 Å². The van der Waals surface area contributed by atoms with Crippen molar-refractivity contribution < 1.29 is 15.0 Å². The quantitative estimate of drug-likeness (QED) is 0.790. The Morgan fingerprint density at radius 3 is 2.59 bits per heavy atom. The van der Waals surface area contributed by atoms with Crippen LogP contribution in [0.4, 0.5) is 0 Å². The summed E-state index contributed by atoms with van der Waals surface area (Å²) in [6.07, 6.45) is 5.15. The summed E-state index contributed by atoms with van der Waals surface area (Å²) < 4.78 is 0. The zero-order chi connectivity index (χ0) is 12.4. The van der Waals surface area contributed by atoms with Gasteiger partial charge in [-0.15, -0.1) is 0 Å². The van der Waals surface area contributed by atoms with Gasteiger partial charge >= 0.3 is 0 Å². The molecule has 2 N–H and O–H groups in total. The minimum atomic E-state index is -0.0759. The number of phenolic OH excluding ortho intramolecular Hbond substituents is 2. The number of carbonyl (C=O) groups excluding carboxylic acids is 1. The molecule has 0 unspecified atom stereocenters. The average Bonchev–Trinajstić information content (AvgIpc) is 2.78. The van der Waals surface area contributed by atoms with Crippen LogP contribution in [0.5, 0.6) is 11.5 Å². The fraction of sp³-hybridized carbons (Fsp3) is 0.500. The van der Waals surface area contributed by atoms with Gasteiger partial charge in [-0.25, -0.2) is 0 Å². The Morgan fingerprint density at radius 2 is 1.94 bits per heavy atom. The van der Waals surface area contributed by atoms with Crippen LogP contribution in [0.2, 0.25) is 0 Å². The first-order valence-corrected chi connectivity index (χ1v) is 6.14. The molecular formula is C14H18O3. The maximum absolute atomic E-state index is 12.0. The third-order valence-corrected chi connectivity index (χ3v) is 3.65. The van der Waals surface area contributed by atoms with Crippen molar-refractivity contribution in [1.82, 2.24) is 0 Å². The Labute approximate surface area is 101 Å². The Morgan fingerprint density at radius 1 is 1.29 bits per heavy atom. The summed E-state index contributed by atoms with van der Waals surface area (Å²) in [5, 5.41) is 19.3. The average molecular weight is 234 g/mol. The van der Waals surface area contributed by atoms with E-state index in [4.69, 9.17) is 0 Å². The fourth-order valence-electron chi connectivity index (χ4n) is 2.50. The highest BCUT2D eigenvalue weighted by Gasteiger charge is 2.21. The third-order valence-electron chi connectivity index (χ3n) is 3.65. The third kappa shape index (κ3) is 2.43. The molecule has 0 heterocycles. The van der Waals surface area contributed by atoms with Crippen molar-refractivity contribution in [3.63, 3.8) is 0 Å². The molecule has 92 valence electrons. The van der Waals surface area contributed by atoms with Crippen molar-refractivity contribution in [2.45, 2.75) is 39.0 Å². The monoisotopic (exact) mass is 234 g/mol.